The molecule has 0 bridgehead atoms. The van der Waals surface area contributed by atoms with Crippen molar-refractivity contribution in [1.82, 2.24) is 19.7 Å². The Morgan fingerprint density at radius 1 is 1.29 bits per heavy atom. The second-order valence-electron chi connectivity index (χ2n) is 6.57. The quantitative estimate of drug-likeness (QED) is 0.725. The van der Waals surface area contributed by atoms with Crippen molar-refractivity contribution in [2.45, 2.75) is 32.9 Å². The van der Waals surface area contributed by atoms with Gasteiger partial charge in [-0.05, 0) is 39.5 Å². The summed E-state index contributed by atoms with van der Waals surface area (Å²) in [7, 11) is 0. The van der Waals surface area contributed by atoms with Crippen LogP contribution in [0.25, 0.3) is 10.9 Å². The highest BCUT2D eigenvalue weighted by molar-refractivity contribution is 9.10. The van der Waals surface area contributed by atoms with Gasteiger partial charge in [0.1, 0.15) is 5.69 Å². The number of carbonyl (C=O) groups is 1. The van der Waals surface area contributed by atoms with Gasteiger partial charge in [0.25, 0.3) is 5.91 Å². The van der Waals surface area contributed by atoms with E-state index in [1.54, 1.807) is 6.20 Å². The number of aromatic amines is 1. The third-order valence-corrected chi connectivity index (χ3v) is 5.31. The summed E-state index contributed by atoms with van der Waals surface area (Å²) >= 11 is 3.51. The van der Waals surface area contributed by atoms with Crippen LogP contribution in [0.3, 0.4) is 0 Å². The van der Waals surface area contributed by atoms with Gasteiger partial charge in [-0.3, -0.25) is 9.48 Å². The fraction of sp³-hybridized carbons (Fsp3) is 0.333. The van der Waals surface area contributed by atoms with Gasteiger partial charge in [0.15, 0.2) is 0 Å². The number of nitrogens with zero attached hydrogens (tertiary/aromatic N) is 3. The fourth-order valence-corrected chi connectivity index (χ4v) is 3.60. The van der Waals surface area contributed by atoms with Gasteiger partial charge in [0.05, 0.1) is 29.5 Å². The van der Waals surface area contributed by atoms with Crippen molar-refractivity contribution in [2.24, 2.45) is 0 Å². The molecule has 0 atom stereocenters. The predicted octanol–water partition coefficient (Wildman–Crippen LogP) is 3.91. The highest BCUT2D eigenvalue weighted by atomic mass is 79.9. The number of aromatic nitrogens is 3. The number of nitrogens with one attached hydrogen (secondary N) is 1. The number of amides is 1. The van der Waals surface area contributed by atoms with Gasteiger partial charge in [0.2, 0.25) is 0 Å². The lowest BCUT2D eigenvalue weighted by Gasteiger charge is -2.27. The molecule has 3 aromatic rings. The van der Waals surface area contributed by atoms with Crippen LogP contribution in [0.1, 0.15) is 41.5 Å². The SMILES string of the molecule is CC(C)c1ccc2cc(C(=O)N3CCn4ncc(Br)c4C3)[nH]c2c1. The number of hydrogen-bond donors (Lipinski definition) is 1. The van der Waals surface area contributed by atoms with Gasteiger partial charge in [0, 0.05) is 17.4 Å². The molecule has 1 aliphatic rings. The standard InChI is InChI=1S/C18H19BrN4O/c1-11(2)12-3-4-13-8-16(21-15(13)7-12)18(24)22-5-6-23-17(10-22)14(19)9-20-23/h3-4,7-9,11,21H,5-6,10H2,1-2H3. The molecule has 2 aromatic heterocycles. The summed E-state index contributed by atoms with van der Waals surface area (Å²) in [4.78, 5) is 18.0. The van der Waals surface area contributed by atoms with Crippen LogP contribution in [0.2, 0.25) is 0 Å². The number of carbonyl (C=O) groups excluding carboxylic acids is 1. The summed E-state index contributed by atoms with van der Waals surface area (Å²) in [5.41, 5.74) is 3.99. The van der Waals surface area contributed by atoms with E-state index in [1.165, 1.54) is 5.56 Å². The lowest BCUT2D eigenvalue weighted by Crippen LogP contribution is -2.38. The van der Waals surface area contributed by atoms with Crippen LogP contribution in [0.5, 0.6) is 0 Å². The van der Waals surface area contributed by atoms with E-state index in [2.05, 4.69) is 58.1 Å². The smallest absolute Gasteiger partial charge is 0.270 e. The van der Waals surface area contributed by atoms with Crippen molar-refractivity contribution >= 4 is 32.7 Å². The molecule has 1 N–H and O–H groups in total. The summed E-state index contributed by atoms with van der Waals surface area (Å²) in [5.74, 6) is 0.508. The topological polar surface area (TPSA) is 53.9 Å². The normalized spacial score (nSPS) is 14.4. The van der Waals surface area contributed by atoms with Crippen LogP contribution in [-0.2, 0) is 13.1 Å². The molecule has 124 valence electrons. The number of benzene rings is 1. The lowest BCUT2D eigenvalue weighted by molar-refractivity contribution is 0.0700. The molecule has 4 rings (SSSR count). The zero-order valence-corrected chi connectivity index (χ0v) is 15.3. The van der Waals surface area contributed by atoms with E-state index in [1.807, 2.05) is 15.6 Å². The Balaban J connectivity index is 1.63. The first-order valence-electron chi connectivity index (χ1n) is 8.15. The summed E-state index contributed by atoms with van der Waals surface area (Å²) in [6.07, 6.45) is 1.79. The summed E-state index contributed by atoms with van der Waals surface area (Å²) in [6.45, 7) is 6.32. The maximum Gasteiger partial charge on any atom is 0.270 e. The Morgan fingerprint density at radius 2 is 2.12 bits per heavy atom. The van der Waals surface area contributed by atoms with Crippen LogP contribution in [0.15, 0.2) is 34.9 Å². The Labute approximate surface area is 148 Å². The Hall–Kier alpha value is -2.08. The second kappa shape index (κ2) is 5.77. The van der Waals surface area contributed by atoms with Crippen LogP contribution in [0.4, 0.5) is 0 Å². The maximum atomic E-state index is 12.9. The largest absolute Gasteiger partial charge is 0.351 e. The molecule has 0 radical (unpaired) electrons. The molecule has 3 heterocycles. The molecule has 0 saturated carbocycles. The highest BCUT2D eigenvalue weighted by Crippen LogP contribution is 2.25. The summed E-state index contributed by atoms with van der Waals surface area (Å²) in [5, 5.41) is 5.38. The lowest BCUT2D eigenvalue weighted by atomic mass is 10.0. The zero-order chi connectivity index (χ0) is 16.8. The molecule has 1 aromatic carbocycles. The van der Waals surface area contributed by atoms with Crippen LogP contribution in [0, 0.1) is 0 Å². The monoisotopic (exact) mass is 386 g/mol. The van der Waals surface area contributed by atoms with Gasteiger partial charge >= 0.3 is 0 Å². The number of fused-ring (bicyclic) bond motifs is 2. The Kier molecular flexibility index (Phi) is 3.72. The first-order chi connectivity index (χ1) is 11.5. The summed E-state index contributed by atoms with van der Waals surface area (Å²) < 4.78 is 2.91. The molecule has 0 saturated heterocycles. The van der Waals surface area contributed by atoms with E-state index in [-0.39, 0.29) is 5.91 Å². The molecule has 1 amide bonds. The molecule has 6 heteroatoms. The van der Waals surface area contributed by atoms with Crippen molar-refractivity contribution in [1.29, 1.82) is 0 Å². The van der Waals surface area contributed by atoms with Crippen LogP contribution in [-0.4, -0.2) is 32.1 Å². The minimum absolute atomic E-state index is 0.0386. The van der Waals surface area contributed by atoms with E-state index < -0.39 is 0 Å². The van der Waals surface area contributed by atoms with E-state index in [9.17, 15) is 4.79 Å². The maximum absolute atomic E-state index is 12.9. The number of rotatable bonds is 2. The zero-order valence-electron chi connectivity index (χ0n) is 13.7. The molecule has 5 nitrogen and oxygen atoms in total. The average molecular weight is 387 g/mol. The number of hydrogen-bond acceptors (Lipinski definition) is 2. The molecule has 0 unspecified atom stereocenters. The van der Waals surface area contributed by atoms with Crippen molar-refractivity contribution in [3.8, 4) is 0 Å². The van der Waals surface area contributed by atoms with Crippen molar-refractivity contribution < 1.29 is 4.79 Å². The minimum Gasteiger partial charge on any atom is -0.351 e. The molecular weight excluding hydrogens is 368 g/mol. The molecule has 0 spiro atoms. The Bertz CT molecular complexity index is 924. The molecular formula is C18H19BrN4O. The second-order valence-corrected chi connectivity index (χ2v) is 7.43. The predicted molar refractivity (Wildman–Crippen MR) is 97.1 cm³/mol. The van der Waals surface area contributed by atoms with Crippen molar-refractivity contribution in [3.05, 3.63) is 51.9 Å². The first-order valence-corrected chi connectivity index (χ1v) is 8.94. The number of H-pyrrole nitrogens is 1. The molecule has 24 heavy (non-hydrogen) atoms. The van der Waals surface area contributed by atoms with Crippen LogP contribution < -0.4 is 0 Å². The highest BCUT2D eigenvalue weighted by Gasteiger charge is 2.25. The molecule has 0 fully saturated rings. The van der Waals surface area contributed by atoms with E-state index in [0.717, 1.165) is 27.6 Å². The van der Waals surface area contributed by atoms with Gasteiger partial charge in [-0.1, -0.05) is 26.0 Å². The Morgan fingerprint density at radius 3 is 2.92 bits per heavy atom. The van der Waals surface area contributed by atoms with Gasteiger partial charge in [-0.2, -0.15) is 5.10 Å². The van der Waals surface area contributed by atoms with Gasteiger partial charge < -0.3 is 9.88 Å². The minimum atomic E-state index is 0.0386. The van der Waals surface area contributed by atoms with Gasteiger partial charge in [-0.15, -0.1) is 0 Å². The third-order valence-electron chi connectivity index (χ3n) is 4.65. The van der Waals surface area contributed by atoms with Crippen LogP contribution >= 0.6 is 15.9 Å². The molecule has 0 aliphatic carbocycles. The van der Waals surface area contributed by atoms with E-state index in [0.29, 0.717) is 24.7 Å². The van der Waals surface area contributed by atoms with E-state index >= 15 is 0 Å². The third kappa shape index (κ3) is 2.55. The van der Waals surface area contributed by atoms with Gasteiger partial charge in [-0.25, -0.2) is 0 Å². The van der Waals surface area contributed by atoms with E-state index in [4.69, 9.17) is 0 Å². The van der Waals surface area contributed by atoms with Crippen molar-refractivity contribution in [3.63, 3.8) is 0 Å². The fourth-order valence-electron chi connectivity index (χ4n) is 3.18. The first kappa shape index (κ1) is 15.4. The number of halogens is 1. The molecule has 1 aliphatic heterocycles. The van der Waals surface area contributed by atoms with Crippen molar-refractivity contribution in [2.75, 3.05) is 6.54 Å². The summed E-state index contributed by atoms with van der Waals surface area (Å²) in [6, 6.07) is 8.30. The average Bonchev–Trinajstić information content (AvgIpc) is 3.17.